The van der Waals surface area contributed by atoms with Crippen LogP contribution in [0.15, 0.2) is 63.0 Å². The first-order valence-electron chi connectivity index (χ1n) is 9.37. The Morgan fingerprint density at radius 1 is 1.00 bits per heavy atom. The van der Waals surface area contributed by atoms with Crippen molar-refractivity contribution in [3.63, 3.8) is 0 Å². The van der Waals surface area contributed by atoms with E-state index in [0.717, 1.165) is 29.8 Å². The first-order valence-corrected chi connectivity index (χ1v) is 11.2. The van der Waals surface area contributed by atoms with Gasteiger partial charge >= 0.3 is 17.9 Å². The Kier molecular flexibility index (Phi) is 5.56. The van der Waals surface area contributed by atoms with Gasteiger partial charge in [0.25, 0.3) is 15.6 Å². The normalized spacial score (nSPS) is 12.3. The zero-order valence-corrected chi connectivity index (χ0v) is 18.9. The quantitative estimate of drug-likeness (QED) is 0.414. The molecule has 0 N–H and O–H groups in total. The van der Waals surface area contributed by atoms with Crippen LogP contribution in [0.1, 0.15) is 5.56 Å². The van der Waals surface area contributed by atoms with Gasteiger partial charge in [-0.3, -0.25) is 13.9 Å². The molecule has 178 valence electrons. The van der Waals surface area contributed by atoms with Crippen LogP contribution in [-0.2, 0) is 30.3 Å². The van der Waals surface area contributed by atoms with Crippen molar-refractivity contribution < 1.29 is 26.3 Å². The maximum atomic E-state index is 13.5. The standard InChI is InChI=1S/C20H14ClF3N4O5S/c1-26-16-15(17(29)27(2)19(26)30)28(34(31,32)14-8-6-12(21)7-9-14)18(25-16)33-13-5-3-4-11(10-13)20(22,23)24/h3-10H,1-2H3. The Labute approximate surface area is 194 Å². The third kappa shape index (κ3) is 3.86. The van der Waals surface area contributed by atoms with E-state index in [1.807, 2.05) is 0 Å². The highest BCUT2D eigenvalue weighted by Crippen LogP contribution is 2.34. The molecule has 2 aromatic heterocycles. The molecule has 0 amide bonds. The summed E-state index contributed by atoms with van der Waals surface area (Å²) in [6, 6.07) is 7.88. The van der Waals surface area contributed by atoms with Crippen LogP contribution in [0.4, 0.5) is 13.2 Å². The first-order chi connectivity index (χ1) is 15.8. The molecule has 0 unspecified atom stereocenters. The van der Waals surface area contributed by atoms with Crippen LogP contribution in [0.25, 0.3) is 11.2 Å². The predicted molar refractivity (Wildman–Crippen MR) is 116 cm³/mol. The van der Waals surface area contributed by atoms with E-state index in [1.54, 1.807) is 0 Å². The number of hydrogen-bond donors (Lipinski definition) is 0. The number of rotatable bonds is 4. The molecule has 0 aliphatic heterocycles. The minimum absolute atomic E-state index is 0.244. The number of ether oxygens (including phenoxy) is 1. The fourth-order valence-corrected chi connectivity index (χ4v) is 4.69. The second-order valence-corrected chi connectivity index (χ2v) is 9.35. The number of imidazole rings is 1. The zero-order valence-electron chi connectivity index (χ0n) is 17.4. The molecule has 2 heterocycles. The van der Waals surface area contributed by atoms with E-state index in [4.69, 9.17) is 16.3 Å². The highest BCUT2D eigenvalue weighted by Gasteiger charge is 2.32. The Morgan fingerprint density at radius 3 is 2.26 bits per heavy atom. The first kappa shape index (κ1) is 23.6. The Balaban J connectivity index is 2.04. The van der Waals surface area contributed by atoms with Crippen LogP contribution in [0.3, 0.4) is 0 Å². The lowest BCUT2D eigenvalue weighted by Crippen LogP contribution is -2.38. The average Bonchev–Trinajstić information content (AvgIpc) is 3.16. The van der Waals surface area contributed by atoms with E-state index in [-0.39, 0.29) is 21.3 Å². The summed E-state index contributed by atoms with van der Waals surface area (Å²) in [5, 5.41) is 0.244. The van der Waals surface area contributed by atoms with E-state index in [9.17, 15) is 31.2 Å². The molecule has 9 nitrogen and oxygen atoms in total. The number of nitrogens with zero attached hydrogens (tertiary/aromatic N) is 4. The number of hydrogen-bond acceptors (Lipinski definition) is 6. The van der Waals surface area contributed by atoms with E-state index >= 15 is 0 Å². The highest BCUT2D eigenvalue weighted by atomic mass is 35.5. The predicted octanol–water partition coefficient (Wildman–Crippen LogP) is 3.14. The molecule has 0 saturated carbocycles. The molecule has 0 aliphatic carbocycles. The Bertz CT molecular complexity index is 1660. The number of alkyl halides is 3. The Morgan fingerprint density at radius 2 is 1.65 bits per heavy atom. The summed E-state index contributed by atoms with van der Waals surface area (Å²) in [7, 11) is -2.18. The van der Waals surface area contributed by atoms with E-state index in [0.29, 0.717) is 14.6 Å². The lowest BCUT2D eigenvalue weighted by Gasteiger charge is -2.12. The molecule has 0 atom stereocenters. The molecule has 14 heteroatoms. The highest BCUT2D eigenvalue weighted by molar-refractivity contribution is 7.90. The number of fused-ring (bicyclic) bond motifs is 1. The summed E-state index contributed by atoms with van der Waals surface area (Å²) in [4.78, 5) is 28.9. The van der Waals surface area contributed by atoms with E-state index in [1.165, 1.54) is 31.3 Å². The SMILES string of the molecule is Cn1c(=O)c2c(nc(Oc3cccc(C(F)(F)F)c3)n2S(=O)(=O)c2ccc(Cl)cc2)n(C)c1=O. The third-order valence-electron chi connectivity index (χ3n) is 4.91. The average molecular weight is 515 g/mol. The molecule has 0 saturated heterocycles. The lowest BCUT2D eigenvalue weighted by atomic mass is 10.2. The van der Waals surface area contributed by atoms with Crippen LogP contribution in [0.5, 0.6) is 11.8 Å². The van der Waals surface area contributed by atoms with Gasteiger partial charge in [0, 0.05) is 19.1 Å². The molecule has 0 aliphatic rings. The van der Waals surface area contributed by atoms with Crippen molar-refractivity contribution in [1.82, 2.24) is 18.1 Å². The zero-order chi connectivity index (χ0) is 25.0. The van der Waals surface area contributed by atoms with Crippen molar-refractivity contribution in [2.45, 2.75) is 11.1 Å². The van der Waals surface area contributed by atoms with Crippen LogP contribution in [0.2, 0.25) is 5.02 Å². The molecular weight excluding hydrogens is 501 g/mol. The van der Waals surface area contributed by atoms with E-state index in [2.05, 4.69) is 4.98 Å². The molecule has 34 heavy (non-hydrogen) atoms. The smallest absolute Gasteiger partial charge is 0.416 e. The van der Waals surface area contributed by atoms with Gasteiger partial charge in [0.15, 0.2) is 11.2 Å². The van der Waals surface area contributed by atoms with Gasteiger partial charge < -0.3 is 4.74 Å². The molecule has 0 bridgehead atoms. The minimum atomic E-state index is -4.69. The fraction of sp³-hybridized carbons (Fsp3) is 0.150. The van der Waals surface area contributed by atoms with Crippen LogP contribution in [-0.4, -0.2) is 26.5 Å². The van der Waals surface area contributed by atoms with Crippen LogP contribution in [0, 0.1) is 0 Å². The summed E-state index contributed by atoms with van der Waals surface area (Å²) in [5.41, 5.74) is -3.70. The summed E-state index contributed by atoms with van der Waals surface area (Å²) >= 11 is 5.83. The van der Waals surface area contributed by atoms with Crippen molar-refractivity contribution >= 4 is 32.8 Å². The summed E-state index contributed by atoms with van der Waals surface area (Å²) in [6.07, 6.45) is -4.69. The third-order valence-corrected chi connectivity index (χ3v) is 6.85. The van der Waals surface area contributed by atoms with Gasteiger partial charge in [-0.15, -0.1) is 0 Å². The molecule has 2 aromatic carbocycles. The van der Waals surface area contributed by atoms with Crippen LogP contribution < -0.4 is 16.0 Å². The van der Waals surface area contributed by atoms with Crippen LogP contribution >= 0.6 is 11.6 Å². The Hall–Kier alpha value is -3.58. The molecule has 0 fully saturated rings. The van der Waals surface area contributed by atoms with Gasteiger partial charge in [-0.2, -0.15) is 22.1 Å². The number of aryl methyl sites for hydroxylation is 1. The summed E-state index contributed by atoms with van der Waals surface area (Å²) in [5.74, 6) is -0.389. The van der Waals surface area contributed by atoms with E-state index < -0.39 is 44.5 Å². The fourth-order valence-electron chi connectivity index (χ4n) is 3.19. The lowest BCUT2D eigenvalue weighted by molar-refractivity contribution is -0.137. The monoisotopic (exact) mass is 514 g/mol. The van der Waals surface area contributed by atoms with Gasteiger partial charge in [0.2, 0.25) is 0 Å². The minimum Gasteiger partial charge on any atom is -0.425 e. The van der Waals surface area contributed by atoms with Gasteiger partial charge in [-0.05, 0) is 42.5 Å². The maximum Gasteiger partial charge on any atom is 0.416 e. The van der Waals surface area contributed by atoms with Crippen molar-refractivity contribution in [2.24, 2.45) is 14.1 Å². The maximum absolute atomic E-state index is 13.5. The number of aromatic nitrogens is 4. The topological polar surface area (TPSA) is 105 Å². The molecular formula is C20H14ClF3N4O5S. The van der Waals surface area contributed by atoms with Crippen molar-refractivity contribution in [3.05, 3.63) is 80.0 Å². The van der Waals surface area contributed by atoms with Crippen molar-refractivity contribution in [2.75, 3.05) is 0 Å². The summed E-state index contributed by atoms with van der Waals surface area (Å²) in [6.45, 7) is 0. The van der Waals surface area contributed by atoms with Gasteiger partial charge in [0.1, 0.15) is 5.75 Å². The second-order valence-electron chi connectivity index (χ2n) is 7.12. The molecule has 4 rings (SSSR count). The van der Waals surface area contributed by atoms with Gasteiger partial charge in [-0.1, -0.05) is 17.7 Å². The van der Waals surface area contributed by atoms with Gasteiger partial charge in [0.05, 0.1) is 10.5 Å². The van der Waals surface area contributed by atoms with Crippen molar-refractivity contribution in [3.8, 4) is 11.8 Å². The van der Waals surface area contributed by atoms with Gasteiger partial charge in [-0.25, -0.2) is 13.2 Å². The summed E-state index contributed by atoms with van der Waals surface area (Å²) < 4.78 is 73.9. The second kappa shape index (κ2) is 8.02. The largest absolute Gasteiger partial charge is 0.425 e. The molecule has 0 spiro atoms. The van der Waals surface area contributed by atoms with Crippen molar-refractivity contribution in [1.29, 1.82) is 0 Å². The number of benzene rings is 2. The number of halogens is 4. The molecule has 0 radical (unpaired) electrons. The molecule has 4 aromatic rings.